The summed E-state index contributed by atoms with van der Waals surface area (Å²) in [7, 11) is 2.22. The van der Waals surface area contributed by atoms with Crippen LogP contribution >= 0.6 is 0 Å². The molecule has 2 saturated heterocycles. The summed E-state index contributed by atoms with van der Waals surface area (Å²) in [6.45, 7) is 10.4. The van der Waals surface area contributed by atoms with Gasteiger partial charge < -0.3 is 14.8 Å². The van der Waals surface area contributed by atoms with Gasteiger partial charge in [-0.3, -0.25) is 0 Å². The van der Waals surface area contributed by atoms with E-state index in [1.54, 1.807) is 12.4 Å². The molecule has 2 aromatic carbocycles. The third-order valence-electron chi connectivity index (χ3n) is 7.88. The molecule has 0 radical (unpaired) electrons. The Balaban J connectivity index is 0.00000137. The highest BCUT2D eigenvalue weighted by molar-refractivity contribution is 5.95. The van der Waals surface area contributed by atoms with Gasteiger partial charge in [-0.05, 0) is 67.6 Å². The Hall–Kier alpha value is -3.25. The van der Waals surface area contributed by atoms with Gasteiger partial charge in [-0.25, -0.2) is 14.4 Å². The molecule has 5 nitrogen and oxygen atoms in total. The van der Waals surface area contributed by atoms with Crippen LogP contribution in [-0.2, 0) is 12.8 Å². The molecule has 2 fully saturated rings. The number of likely N-dealkylation sites (tertiary alicyclic amines) is 1. The van der Waals surface area contributed by atoms with Crippen molar-refractivity contribution >= 4 is 16.6 Å². The maximum Gasteiger partial charge on any atom is 0.127 e. The van der Waals surface area contributed by atoms with Crippen LogP contribution in [0.5, 0.6) is 0 Å². The van der Waals surface area contributed by atoms with Gasteiger partial charge in [0.05, 0.1) is 17.5 Å². The second-order valence-electron chi connectivity index (χ2n) is 10.3. The van der Waals surface area contributed by atoms with Crippen molar-refractivity contribution in [3.63, 3.8) is 0 Å². The van der Waals surface area contributed by atoms with E-state index in [4.69, 9.17) is 4.98 Å². The number of pyridine rings is 1. The van der Waals surface area contributed by atoms with Crippen molar-refractivity contribution in [1.29, 1.82) is 0 Å². The largest absolute Gasteiger partial charge is 0.370 e. The van der Waals surface area contributed by atoms with Crippen molar-refractivity contribution in [3.05, 3.63) is 77.6 Å². The smallest absolute Gasteiger partial charge is 0.127 e. The van der Waals surface area contributed by atoms with Gasteiger partial charge in [0.1, 0.15) is 5.82 Å². The molecule has 6 rings (SSSR count). The van der Waals surface area contributed by atoms with Gasteiger partial charge in [0, 0.05) is 54.6 Å². The quantitative estimate of drug-likeness (QED) is 0.349. The van der Waals surface area contributed by atoms with E-state index < -0.39 is 0 Å². The number of aromatic amines is 1. The van der Waals surface area contributed by atoms with E-state index in [1.807, 2.05) is 33.0 Å². The summed E-state index contributed by atoms with van der Waals surface area (Å²) in [5.74, 6) is 1.25. The Labute approximate surface area is 219 Å². The second-order valence-corrected chi connectivity index (χ2v) is 10.3. The van der Waals surface area contributed by atoms with E-state index in [0.29, 0.717) is 18.3 Å². The van der Waals surface area contributed by atoms with Gasteiger partial charge in [0.15, 0.2) is 0 Å². The lowest BCUT2D eigenvalue weighted by Gasteiger charge is -2.31. The van der Waals surface area contributed by atoms with Crippen LogP contribution in [0.4, 0.5) is 10.1 Å². The molecule has 4 aromatic rings. The number of hydrogen-bond acceptors (Lipinski definition) is 4. The third kappa shape index (κ3) is 5.26. The molecule has 2 unspecified atom stereocenters. The average Bonchev–Trinajstić information content (AvgIpc) is 3.59. The second kappa shape index (κ2) is 11.0. The fourth-order valence-corrected chi connectivity index (χ4v) is 5.89. The number of aromatic nitrogens is 3. The van der Waals surface area contributed by atoms with E-state index in [0.717, 1.165) is 71.7 Å². The third-order valence-corrected chi connectivity index (χ3v) is 7.88. The zero-order valence-corrected chi connectivity index (χ0v) is 22.5. The van der Waals surface area contributed by atoms with Crippen molar-refractivity contribution in [2.45, 2.75) is 40.0 Å². The Kier molecular flexibility index (Phi) is 7.56. The molecule has 1 N–H and O–H groups in total. The highest BCUT2D eigenvalue weighted by Gasteiger charge is 2.36. The molecule has 194 valence electrons. The first kappa shape index (κ1) is 25.4. The highest BCUT2D eigenvalue weighted by atomic mass is 19.1. The van der Waals surface area contributed by atoms with Crippen LogP contribution < -0.4 is 4.90 Å². The summed E-state index contributed by atoms with van der Waals surface area (Å²) in [5.41, 5.74) is 7.07. The Morgan fingerprint density at radius 3 is 2.54 bits per heavy atom. The number of H-pyrrole nitrogens is 1. The molecule has 0 spiro atoms. The number of fused-ring (bicyclic) bond motifs is 2. The van der Waals surface area contributed by atoms with Crippen molar-refractivity contribution in [3.8, 4) is 11.3 Å². The number of benzene rings is 2. The van der Waals surface area contributed by atoms with E-state index >= 15 is 0 Å². The van der Waals surface area contributed by atoms with Crippen molar-refractivity contribution in [1.82, 2.24) is 19.9 Å². The number of aryl methyl sites for hydroxylation is 1. The summed E-state index contributed by atoms with van der Waals surface area (Å²) in [6.07, 6.45) is 6.29. The maximum atomic E-state index is 14.9. The first-order valence-corrected chi connectivity index (χ1v) is 13.7. The number of nitrogens with one attached hydrogen (secondary N) is 1. The fraction of sp³-hybridized carbons (Fsp3) is 0.419. The Morgan fingerprint density at radius 2 is 1.81 bits per heavy atom. The number of hydrogen-bond donors (Lipinski definition) is 1. The minimum absolute atomic E-state index is 0.129. The fourth-order valence-electron chi connectivity index (χ4n) is 5.89. The minimum atomic E-state index is -0.129. The maximum absolute atomic E-state index is 14.9. The summed E-state index contributed by atoms with van der Waals surface area (Å²) in [6, 6.07) is 14.4. The van der Waals surface area contributed by atoms with E-state index in [1.165, 1.54) is 12.0 Å². The van der Waals surface area contributed by atoms with Crippen LogP contribution in [0.3, 0.4) is 0 Å². The lowest BCUT2D eigenvalue weighted by atomic mass is 9.89. The highest BCUT2D eigenvalue weighted by Crippen LogP contribution is 2.39. The lowest BCUT2D eigenvalue weighted by molar-refractivity contribution is 0.178. The molecule has 0 bridgehead atoms. The summed E-state index contributed by atoms with van der Waals surface area (Å²) >= 11 is 0. The Morgan fingerprint density at radius 1 is 1.03 bits per heavy atom. The number of piperidine rings is 1. The van der Waals surface area contributed by atoms with Gasteiger partial charge in [-0.1, -0.05) is 45.0 Å². The molecule has 2 aliphatic rings. The van der Waals surface area contributed by atoms with Crippen LogP contribution in [-0.4, -0.2) is 53.1 Å². The SMILES string of the molecule is CC.CCc1cc2nc(-c3ccc(Cc4cnc[nH]4)cc3)cc(N3CC4CCN(C)CC4C3)c2cc1F. The van der Waals surface area contributed by atoms with E-state index in [9.17, 15) is 4.39 Å². The molecule has 4 heterocycles. The molecule has 0 amide bonds. The zero-order chi connectivity index (χ0) is 25.9. The number of halogens is 1. The monoisotopic (exact) mass is 499 g/mol. The van der Waals surface area contributed by atoms with Crippen molar-refractivity contribution < 1.29 is 4.39 Å². The number of anilines is 1. The van der Waals surface area contributed by atoms with Gasteiger partial charge >= 0.3 is 0 Å². The molecule has 2 aromatic heterocycles. The number of nitrogens with zero attached hydrogens (tertiary/aromatic N) is 4. The zero-order valence-electron chi connectivity index (χ0n) is 22.5. The predicted molar refractivity (Wildman–Crippen MR) is 151 cm³/mol. The van der Waals surface area contributed by atoms with E-state index in [-0.39, 0.29) is 5.82 Å². The molecule has 0 saturated carbocycles. The summed E-state index contributed by atoms with van der Waals surface area (Å²) in [5, 5.41) is 0.923. The van der Waals surface area contributed by atoms with Crippen LogP contribution in [0, 0.1) is 17.7 Å². The molecule has 37 heavy (non-hydrogen) atoms. The van der Waals surface area contributed by atoms with Gasteiger partial charge in [-0.15, -0.1) is 0 Å². The number of rotatable bonds is 5. The molecule has 2 atom stereocenters. The summed E-state index contributed by atoms with van der Waals surface area (Å²) < 4.78 is 14.9. The first-order valence-electron chi connectivity index (χ1n) is 13.7. The van der Waals surface area contributed by atoms with E-state index in [2.05, 4.69) is 57.1 Å². The molecule has 2 aliphatic heterocycles. The summed E-state index contributed by atoms with van der Waals surface area (Å²) in [4.78, 5) is 17.2. The average molecular weight is 500 g/mol. The minimum Gasteiger partial charge on any atom is -0.370 e. The normalized spacial score (nSPS) is 19.5. The predicted octanol–water partition coefficient (Wildman–Crippen LogP) is 6.33. The van der Waals surface area contributed by atoms with Gasteiger partial charge in [0.2, 0.25) is 0 Å². The van der Waals surface area contributed by atoms with Crippen molar-refractivity contribution in [2.75, 3.05) is 38.1 Å². The molecule has 0 aliphatic carbocycles. The van der Waals surface area contributed by atoms with Gasteiger partial charge in [0.25, 0.3) is 0 Å². The molecular weight excluding hydrogens is 461 g/mol. The lowest BCUT2D eigenvalue weighted by Crippen LogP contribution is -2.37. The van der Waals surface area contributed by atoms with Gasteiger partial charge in [-0.2, -0.15) is 0 Å². The Bertz CT molecular complexity index is 1330. The first-order chi connectivity index (χ1) is 18.1. The van der Waals surface area contributed by atoms with Crippen LogP contribution in [0.1, 0.15) is 44.0 Å². The van der Waals surface area contributed by atoms with Crippen LogP contribution in [0.2, 0.25) is 0 Å². The van der Waals surface area contributed by atoms with Crippen molar-refractivity contribution in [2.24, 2.45) is 11.8 Å². The molecular formula is C31H38FN5. The number of imidazole rings is 1. The van der Waals surface area contributed by atoms with Crippen LogP contribution in [0.25, 0.3) is 22.2 Å². The topological polar surface area (TPSA) is 48.1 Å². The van der Waals surface area contributed by atoms with Crippen LogP contribution in [0.15, 0.2) is 55.0 Å². The molecule has 6 heteroatoms. The standard InChI is InChI=1S/C29H32FN5.C2H6/c1-3-20-11-28-25(12-26(20)30)29(35-16-22-8-9-34(2)15-23(22)17-35)13-27(33-28)21-6-4-19(5-7-21)10-24-14-31-18-32-24;1-2/h4-7,11-14,18,22-23H,3,8-10,15-17H2,1-2H3,(H,31,32);1-2H3.